The number of aliphatic imine (C=N–C) groups is 1. The summed E-state index contributed by atoms with van der Waals surface area (Å²) in [5.74, 6) is 0.895. The number of benzene rings is 2. The molecular formula is C28H32F3N5O. The molecule has 9 heteroatoms. The number of allylic oxidation sites excluding steroid dienone is 2. The Labute approximate surface area is 215 Å². The maximum atomic E-state index is 13.1. The summed E-state index contributed by atoms with van der Waals surface area (Å²) in [7, 11) is 1.97. The second-order valence-corrected chi connectivity index (χ2v) is 9.87. The van der Waals surface area contributed by atoms with E-state index in [2.05, 4.69) is 58.6 Å². The van der Waals surface area contributed by atoms with Crippen LogP contribution < -0.4 is 10.6 Å². The van der Waals surface area contributed by atoms with Gasteiger partial charge >= 0.3 is 6.18 Å². The van der Waals surface area contributed by atoms with Gasteiger partial charge in [-0.25, -0.2) is 4.99 Å². The van der Waals surface area contributed by atoms with Gasteiger partial charge in [-0.15, -0.1) is 0 Å². The predicted octanol–water partition coefficient (Wildman–Crippen LogP) is 5.62. The maximum Gasteiger partial charge on any atom is 0.416 e. The molecule has 6 nitrogen and oxygen atoms in total. The molecule has 2 aromatic carbocycles. The number of halogens is 3. The van der Waals surface area contributed by atoms with Crippen molar-refractivity contribution in [2.45, 2.75) is 38.3 Å². The van der Waals surface area contributed by atoms with Crippen LogP contribution in [0.15, 0.2) is 71.4 Å². The number of hydrogen-bond acceptors (Lipinski definition) is 6. The highest BCUT2D eigenvalue weighted by Gasteiger charge is 2.32. The van der Waals surface area contributed by atoms with Crippen molar-refractivity contribution < 1.29 is 17.9 Å². The summed E-state index contributed by atoms with van der Waals surface area (Å²) in [6.07, 6.45) is 1.52. The second kappa shape index (κ2) is 10.2. The van der Waals surface area contributed by atoms with Crippen LogP contribution >= 0.6 is 0 Å². The summed E-state index contributed by atoms with van der Waals surface area (Å²) in [4.78, 5) is 9.47. The Hall–Kier alpha value is -3.30. The Kier molecular flexibility index (Phi) is 7.00. The van der Waals surface area contributed by atoms with E-state index in [0.717, 1.165) is 47.9 Å². The van der Waals surface area contributed by atoms with Crippen molar-refractivity contribution in [2.24, 2.45) is 4.99 Å². The standard InChI is InChI=1S/C28H32F3N5O/c1-18-5-4-12-32-26(18)20-6-11-23-24(15-20)34-25(17-36-13-14-37-19(2)16-36)35(3)27(23)33-22-9-7-21(8-10-22)28(29,30)31/h4-12,15,19,26-27,32-33H,13-14,16-17H2,1-3H3/t19-,26?,27?/m0/s1. The lowest BCUT2D eigenvalue weighted by molar-refractivity contribution is -0.137. The van der Waals surface area contributed by atoms with E-state index in [1.54, 1.807) is 0 Å². The van der Waals surface area contributed by atoms with Gasteiger partial charge in [0, 0.05) is 31.4 Å². The quantitative estimate of drug-likeness (QED) is 0.546. The first-order chi connectivity index (χ1) is 17.7. The molecule has 0 amide bonds. The molecule has 1 saturated heterocycles. The molecule has 2 unspecified atom stereocenters. The molecule has 37 heavy (non-hydrogen) atoms. The summed E-state index contributed by atoms with van der Waals surface area (Å²) >= 11 is 0. The monoisotopic (exact) mass is 511 g/mol. The van der Waals surface area contributed by atoms with Gasteiger partial charge in [-0.3, -0.25) is 4.90 Å². The van der Waals surface area contributed by atoms with Gasteiger partial charge in [0.1, 0.15) is 12.0 Å². The van der Waals surface area contributed by atoms with Crippen LogP contribution in [0.25, 0.3) is 0 Å². The number of likely N-dealkylation sites (N-methyl/N-ethyl adjacent to an activating group) is 1. The number of nitrogens with zero attached hydrogens (tertiary/aromatic N) is 3. The molecule has 2 aromatic rings. The Morgan fingerprint density at radius 3 is 2.65 bits per heavy atom. The van der Waals surface area contributed by atoms with E-state index in [1.807, 2.05) is 19.3 Å². The maximum absolute atomic E-state index is 13.1. The first kappa shape index (κ1) is 25.4. The molecule has 5 rings (SSSR count). The van der Waals surface area contributed by atoms with Crippen LogP contribution in [-0.4, -0.2) is 55.0 Å². The smallest absolute Gasteiger partial charge is 0.380 e. The van der Waals surface area contributed by atoms with Crippen LogP contribution in [0.3, 0.4) is 0 Å². The van der Waals surface area contributed by atoms with E-state index < -0.39 is 11.7 Å². The van der Waals surface area contributed by atoms with Gasteiger partial charge in [-0.05, 0) is 67.6 Å². The third-order valence-electron chi connectivity index (χ3n) is 7.11. The lowest BCUT2D eigenvalue weighted by Crippen LogP contribution is -2.48. The van der Waals surface area contributed by atoms with E-state index >= 15 is 0 Å². The molecule has 0 radical (unpaired) electrons. The lowest BCUT2D eigenvalue weighted by atomic mass is 9.94. The fourth-order valence-electron chi connectivity index (χ4n) is 5.05. The number of morpholine rings is 1. The first-order valence-corrected chi connectivity index (χ1v) is 12.5. The molecule has 0 spiro atoms. The van der Waals surface area contributed by atoms with Crippen LogP contribution in [0.5, 0.6) is 0 Å². The van der Waals surface area contributed by atoms with Crippen LogP contribution in [0.2, 0.25) is 0 Å². The number of amidine groups is 1. The number of nitrogens with one attached hydrogen (secondary N) is 2. The van der Waals surface area contributed by atoms with Crippen molar-refractivity contribution >= 4 is 17.2 Å². The molecule has 3 aliphatic rings. The zero-order chi connectivity index (χ0) is 26.2. The molecule has 0 aliphatic carbocycles. The van der Waals surface area contributed by atoms with Crippen molar-refractivity contribution in [1.82, 2.24) is 15.1 Å². The van der Waals surface area contributed by atoms with Crippen molar-refractivity contribution in [3.8, 4) is 0 Å². The molecule has 3 heterocycles. The Morgan fingerprint density at radius 1 is 1.16 bits per heavy atom. The first-order valence-electron chi connectivity index (χ1n) is 12.5. The normalized spacial score (nSPS) is 24.2. The van der Waals surface area contributed by atoms with E-state index in [4.69, 9.17) is 9.73 Å². The number of rotatable bonds is 5. The number of ether oxygens (including phenoxy) is 1. The van der Waals surface area contributed by atoms with Crippen molar-refractivity contribution in [1.29, 1.82) is 0 Å². The van der Waals surface area contributed by atoms with E-state index in [0.29, 0.717) is 18.8 Å². The molecule has 0 bridgehead atoms. The van der Waals surface area contributed by atoms with Crippen LogP contribution in [0, 0.1) is 0 Å². The minimum Gasteiger partial charge on any atom is -0.380 e. The zero-order valence-corrected chi connectivity index (χ0v) is 21.2. The molecule has 196 valence electrons. The highest BCUT2D eigenvalue weighted by molar-refractivity contribution is 5.89. The number of hydrogen-bond donors (Lipinski definition) is 2. The number of dihydropyridines is 1. The summed E-state index contributed by atoms with van der Waals surface area (Å²) in [5, 5.41) is 6.86. The van der Waals surface area contributed by atoms with Crippen molar-refractivity contribution in [2.75, 3.05) is 38.6 Å². The van der Waals surface area contributed by atoms with Gasteiger partial charge < -0.3 is 20.3 Å². The van der Waals surface area contributed by atoms with Gasteiger partial charge in [0.15, 0.2) is 0 Å². The van der Waals surface area contributed by atoms with Crippen LogP contribution in [0.4, 0.5) is 24.5 Å². The largest absolute Gasteiger partial charge is 0.416 e. The number of fused-ring (bicyclic) bond motifs is 1. The molecule has 2 N–H and O–H groups in total. The van der Waals surface area contributed by atoms with Crippen molar-refractivity contribution in [3.63, 3.8) is 0 Å². The molecule has 3 atom stereocenters. The molecule has 1 fully saturated rings. The minimum atomic E-state index is -4.37. The highest BCUT2D eigenvalue weighted by atomic mass is 19.4. The van der Waals surface area contributed by atoms with Crippen LogP contribution in [0.1, 0.15) is 42.7 Å². The minimum absolute atomic E-state index is 0.0648. The Bertz CT molecular complexity index is 1220. The number of anilines is 1. The fraction of sp³-hybridized carbons (Fsp3) is 0.393. The molecule has 3 aliphatic heterocycles. The SMILES string of the molecule is CC1=CC=CNC1c1ccc2c(c1)N=C(CN1CCO[C@@H](C)C1)N(C)C2Nc1ccc(C(F)(F)F)cc1. The van der Waals surface area contributed by atoms with Gasteiger partial charge in [0.25, 0.3) is 0 Å². The lowest BCUT2D eigenvalue weighted by Gasteiger charge is -2.39. The highest BCUT2D eigenvalue weighted by Crippen LogP contribution is 2.38. The molecular weight excluding hydrogens is 479 g/mol. The van der Waals surface area contributed by atoms with Crippen molar-refractivity contribution in [3.05, 3.63) is 83.1 Å². The van der Waals surface area contributed by atoms with Gasteiger partial charge in [0.2, 0.25) is 0 Å². The summed E-state index contributed by atoms with van der Waals surface area (Å²) in [6, 6.07) is 11.5. The number of alkyl halides is 3. The summed E-state index contributed by atoms with van der Waals surface area (Å²) in [5.41, 5.74) is 4.10. The fourth-order valence-corrected chi connectivity index (χ4v) is 5.05. The van der Waals surface area contributed by atoms with Gasteiger partial charge in [-0.2, -0.15) is 13.2 Å². The average Bonchev–Trinajstić information content (AvgIpc) is 2.86. The Balaban J connectivity index is 1.47. The molecule has 0 saturated carbocycles. The zero-order valence-electron chi connectivity index (χ0n) is 21.2. The summed E-state index contributed by atoms with van der Waals surface area (Å²) in [6.45, 7) is 7.14. The van der Waals surface area contributed by atoms with Gasteiger partial charge in [-0.1, -0.05) is 18.2 Å². The van der Waals surface area contributed by atoms with Gasteiger partial charge in [0.05, 0.1) is 36.5 Å². The van der Waals surface area contributed by atoms with E-state index in [-0.39, 0.29) is 18.3 Å². The second-order valence-electron chi connectivity index (χ2n) is 9.87. The third-order valence-corrected chi connectivity index (χ3v) is 7.11. The Morgan fingerprint density at radius 2 is 1.95 bits per heavy atom. The average molecular weight is 512 g/mol. The van der Waals surface area contributed by atoms with E-state index in [9.17, 15) is 13.2 Å². The predicted molar refractivity (Wildman–Crippen MR) is 140 cm³/mol. The molecule has 0 aromatic heterocycles. The topological polar surface area (TPSA) is 52.1 Å². The summed E-state index contributed by atoms with van der Waals surface area (Å²) < 4.78 is 45.0. The third kappa shape index (κ3) is 5.52. The van der Waals surface area contributed by atoms with Crippen LogP contribution in [-0.2, 0) is 10.9 Å². The van der Waals surface area contributed by atoms with E-state index in [1.165, 1.54) is 17.7 Å².